The number of benzene rings is 1. The van der Waals surface area contributed by atoms with E-state index in [0.29, 0.717) is 5.82 Å². The van der Waals surface area contributed by atoms with Crippen LogP contribution in [0.5, 0.6) is 0 Å². The van der Waals surface area contributed by atoms with Crippen LogP contribution in [0.25, 0.3) is 21.7 Å². The van der Waals surface area contributed by atoms with Crippen LogP contribution in [-0.4, -0.2) is 28.5 Å². The number of hydrogen-bond acceptors (Lipinski definition) is 5. The van der Waals surface area contributed by atoms with Gasteiger partial charge in [-0.2, -0.15) is 0 Å². The van der Waals surface area contributed by atoms with Gasteiger partial charge in [-0.05, 0) is 36.1 Å². The van der Waals surface area contributed by atoms with Crippen LogP contribution in [0.1, 0.15) is 23.7 Å². The van der Waals surface area contributed by atoms with E-state index in [-0.39, 0.29) is 12.3 Å². The van der Waals surface area contributed by atoms with E-state index in [4.69, 9.17) is 4.74 Å². The van der Waals surface area contributed by atoms with E-state index in [1.165, 1.54) is 18.4 Å². The van der Waals surface area contributed by atoms with E-state index >= 15 is 0 Å². The van der Waals surface area contributed by atoms with Crippen molar-refractivity contribution in [1.82, 2.24) is 9.55 Å². The van der Waals surface area contributed by atoms with Gasteiger partial charge in [0.25, 0.3) is 0 Å². The smallest absolute Gasteiger partial charge is 0.306 e. The Morgan fingerprint density at radius 1 is 1.35 bits per heavy atom. The number of nitrogens with zero attached hydrogens (tertiary/aromatic N) is 2. The van der Waals surface area contributed by atoms with Crippen molar-refractivity contribution in [3.05, 3.63) is 41.3 Å². The highest BCUT2D eigenvalue weighted by atomic mass is 32.1. The summed E-state index contributed by atoms with van der Waals surface area (Å²) in [5, 5.41) is 1.93. The minimum absolute atomic E-state index is 0.0119. The van der Waals surface area contributed by atoms with Crippen molar-refractivity contribution >= 4 is 34.2 Å². The number of hydrogen-bond donors (Lipinski definition) is 0. The molecular weight excluding hydrogens is 312 g/mol. The predicted molar refractivity (Wildman–Crippen MR) is 87.7 cm³/mol. The van der Waals surface area contributed by atoms with Crippen molar-refractivity contribution in [3.63, 3.8) is 0 Å². The van der Waals surface area contributed by atoms with Crippen molar-refractivity contribution in [2.24, 2.45) is 0 Å². The number of ether oxygens (including phenoxy) is 1. The first kappa shape index (κ1) is 14.1. The number of carbonyl (C=O) groups is 2. The highest BCUT2D eigenvalue weighted by Gasteiger charge is 2.46. The van der Waals surface area contributed by atoms with Gasteiger partial charge in [0.05, 0.1) is 34.9 Å². The summed E-state index contributed by atoms with van der Waals surface area (Å²) in [6.45, 7) is 1.80. The number of fused-ring (bicyclic) bond motifs is 5. The lowest BCUT2D eigenvalue weighted by Gasteiger charge is -2.32. The number of methoxy groups -OCH3 is 1. The molecule has 0 spiro atoms. The topological polar surface area (TPSA) is 61.2 Å². The summed E-state index contributed by atoms with van der Waals surface area (Å²) < 4.78 is 6.44. The van der Waals surface area contributed by atoms with Crippen LogP contribution in [0, 0.1) is 0 Å². The van der Waals surface area contributed by atoms with Gasteiger partial charge in [0.1, 0.15) is 0 Å². The maximum atomic E-state index is 13.2. The summed E-state index contributed by atoms with van der Waals surface area (Å²) in [5.74, 6) is 0.118. The fraction of sp³-hybridized carbons (Fsp3) is 0.235. The van der Waals surface area contributed by atoms with E-state index in [0.717, 1.165) is 21.5 Å². The summed E-state index contributed by atoms with van der Waals surface area (Å²) in [7, 11) is 1.34. The molecule has 1 aliphatic heterocycles. The largest absolute Gasteiger partial charge is 0.469 e. The molecule has 0 aliphatic carbocycles. The number of para-hydroxylation sites is 2. The quantitative estimate of drug-likeness (QED) is 0.678. The maximum absolute atomic E-state index is 13.2. The van der Waals surface area contributed by atoms with Gasteiger partial charge in [0.15, 0.2) is 5.82 Å². The monoisotopic (exact) mass is 326 g/mol. The standard InChI is InChI=1S/C17H14N2O3S/c1-17(9-13(20)22-2)10-7-8-23-14(10)15-18-11-5-3-4-6-12(11)19(15)16(17)21/h3-8H,9H2,1-2H3. The van der Waals surface area contributed by atoms with Crippen LogP contribution in [-0.2, 0) is 14.9 Å². The Balaban J connectivity index is 2.02. The van der Waals surface area contributed by atoms with Crippen LogP contribution in [0.4, 0.5) is 0 Å². The number of imidazole rings is 1. The average molecular weight is 326 g/mol. The Morgan fingerprint density at radius 2 is 2.13 bits per heavy atom. The molecule has 1 unspecified atom stereocenters. The van der Waals surface area contributed by atoms with Crippen LogP contribution in [0.2, 0.25) is 0 Å². The van der Waals surface area contributed by atoms with Crippen molar-refractivity contribution in [3.8, 4) is 10.7 Å². The molecule has 3 aromatic rings. The Kier molecular flexibility index (Phi) is 2.93. The SMILES string of the molecule is COC(=O)CC1(C)C(=O)n2c(nc3ccccc32)-c2sccc21. The lowest BCUT2D eigenvalue weighted by Crippen LogP contribution is -2.42. The zero-order valence-corrected chi connectivity index (χ0v) is 13.5. The molecule has 0 amide bonds. The summed E-state index contributed by atoms with van der Waals surface area (Å²) in [5.41, 5.74) is 1.44. The van der Waals surface area contributed by atoms with Gasteiger partial charge < -0.3 is 4.74 Å². The molecule has 116 valence electrons. The summed E-state index contributed by atoms with van der Waals surface area (Å²) in [6.07, 6.45) is 0.0119. The van der Waals surface area contributed by atoms with Crippen molar-refractivity contribution in [2.75, 3.05) is 7.11 Å². The average Bonchev–Trinajstić information content (AvgIpc) is 3.17. The number of aromatic nitrogens is 2. The molecule has 0 N–H and O–H groups in total. The third-order valence-corrected chi connectivity index (χ3v) is 5.33. The fourth-order valence-corrected chi connectivity index (χ4v) is 4.20. The summed E-state index contributed by atoms with van der Waals surface area (Å²) >= 11 is 1.53. The number of rotatable bonds is 2. The molecule has 0 saturated heterocycles. The first-order valence-electron chi connectivity index (χ1n) is 7.23. The van der Waals surface area contributed by atoms with Gasteiger partial charge in [-0.25, -0.2) is 4.98 Å². The second kappa shape index (κ2) is 4.76. The third-order valence-electron chi connectivity index (χ3n) is 4.42. The maximum Gasteiger partial charge on any atom is 0.306 e. The van der Waals surface area contributed by atoms with E-state index in [1.807, 2.05) is 35.7 Å². The second-order valence-electron chi connectivity index (χ2n) is 5.81. The second-order valence-corrected chi connectivity index (χ2v) is 6.73. The van der Waals surface area contributed by atoms with Crippen LogP contribution >= 0.6 is 11.3 Å². The van der Waals surface area contributed by atoms with Crippen LogP contribution in [0.15, 0.2) is 35.7 Å². The number of carbonyl (C=O) groups excluding carboxylic acids is 2. The van der Waals surface area contributed by atoms with E-state index in [2.05, 4.69) is 4.98 Å². The fourth-order valence-electron chi connectivity index (χ4n) is 3.19. The van der Waals surface area contributed by atoms with Gasteiger partial charge in [-0.15, -0.1) is 11.3 Å². The lowest BCUT2D eigenvalue weighted by atomic mass is 9.76. The lowest BCUT2D eigenvalue weighted by molar-refractivity contribution is -0.141. The molecule has 1 aliphatic rings. The third kappa shape index (κ3) is 1.81. The minimum atomic E-state index is -0.946. The highest BCUT2D eigenvalue weighted by molar-refractivity contribution is 7.13. The van der Waals surface area contributed by atoms with Gasteiger partial charge in [0.2, 0.25) is 5.91 Å². The molecule has 1 aromatic carbocycles. The van der Waals surface area contributed by atoms with Crippen molar-refractivity contribution in [1.29, 1.82) is 0 Å². The first-order chi connectivity index (χ1) is 11.1. The molecular formula is C17H14N2O3S. The molecule has 6 heteroatoms. The Morgan fingerprint density at radius 3 is 2.91 bits per heavy atom. The molecule has 0 bridgehead atoms. The van der Waals surface area contributed by atoms with Gasteiger partial charge >= 0.3 is 5.97 Å². The van der Waals surface area contributed by atoms with Gasteiger partial charge in [-0.1, -0.05) is 12.1 Å². The highest BCUT2D eigenvalue weighted by Crippen LogP contribution is 2.45. The molecule has 0 radical (unpaired) electrons. The van der Waals surface area contributed by atoms with Crippen molar-refractivity contribution in [2.45, 2.75) is 18.8 Å². The molecule has 23 heavy (non-hydrogen) atoms. The van der Waals surface area contributed by atoms with Crippen LogP contribution < -0.4 is 0 Å². The molecule has 4 rings (SSSR count). The van der Waals surface area contributed by atoms with Gasteiger partial charge in [-0.3, -0.25) is 14.2 Å². The molecule has 5 nitrogen and oxygen atoms in total. The Labute approximate surface area is 136 Å². The zero-order valence-electron chi connectivity index (χ0n) is 12.7. The normalized spacial score (nSPS) is 19.5. The van der Waals surface area contributed by atoms with E-state index < -0.39 is 11.4 Å². The number of esters is 1. The predicted octanol–water partition coefficient (Wildman–Crippen LogP) is 3.24. The Bertz CT molecular complexity index is 956. The summed E-state index contributed by atoms with van der Waals surface area (Å²) in [6, 6.07) is 9.45. The molecule has 3 heterocycles. The molecule has 1 atom stereocenters. The molecule has 0 saturated carbocycles. The van der Waals surface area contributed by atoms with E-state index in [9.17, 15) is 9.59 Å². The Hall–Kier alpha value is -2.47. The molecule has 2 aromatic heterocycles. The molecule has 0 fully saturated rings. The van der Waals surface area contributed by atoms with E-state index in [1.54, 1.807) is 11.5 Å². The van der Waals surface area contributed by atoms with Crippen molar-refractivity contribution < 1.29 is 14.3 Å². The number of thiophene rings is 1. The van der Waals surface area contributed by atoms with Gasteiger partial charge in [0, 0.05) is 0 Å². The zero-order chi connectivity index (χ0) is 16.2. The minimum Gasteiger partial charge on any atom is -0.469 e. The van der Waals surface area contributed by atoms with Crippen LogP contribution in [0.3, 0.4) is 0 Å². The first-order valence-corrected chi connectivity index (χ1v) is 8.11. The summed E-state index contributed by atoms with van der Waals surface area (Å²) in [4.78, 5) is 30.7.